The minimum absolute atomic E-state index is 0.00490. The molecule has 4 rings (SSSR count). The van der Waals surface area contributed by atoms with E-state index in [1.807, 2.05) is 19.2 Å². The van der Waals surface area contributed by atoms with E-state index >= 15 is 0 Å². The molecule has 0 radical (unpaired) electrons. The number of methoxy groups -OCH3 is 1. The number of anilines is 1. The second-order valence-electron chi connectivity index (χ2n) is 6.65. The number of rotatable bonds is 5. The normalized spacial score (nSPS) is 17.2. The molecule has 1 aliphatic rings. The average Bonchev–Trinajstić information content (AvgIpc) is 3.05. The van der Waals surface area contributed by atoms with Crippen molar-refractivity contribution in [1.82, 2.24) is 19.5 Å². The van der Waals surface area contributed by atoms with E-state index in [1.165, 1.54) is 5.56 Å². The molecule has 0 amide bonds. The lowest BCUT2D eigenvalue weighted by molar-refractivity contribution is -0.0313. The van der Waals surface area contributed by atoms with Crippen LogP contribution in [0.3, 0.4) is 0 Å². The van der Waals surface area contributed by atoms with Crippen molar-refractivity contribution in [3.8, 4) is 5.75 Å². The third-order valence-corrected chi connectivity index (χ3v) is 5.56. The number of aromatic nitrogens is 4. The molecule has 1 aromatic carbocycles. The van der Waals surface area contributed by atoms with E-state index in [-0.39, 0.29) is 6.23 Å². The monoisotopic (exact) mass is 479 g/mol. The first-order valence-corrected chi connectivity index (χ1v) is 10.1. The highest BCUT2D eigenvalue weighted by molar-refractivity contribution is 14.1. The number of imidazole rings is 1. The molecule has 1 fully saturated rings. The van der Waals surface area contributed by atoms with E-state index in [1.54, 1.807) is 13.4 Å². The van der Waals surface area contributed by atoms with Gasteiger partial charge in [0.25, 0.3) is 0 Å². The van der Waals surface area contributed by atoms with Crippen molar-refractivity contribution in [2.75, 3.05) is 25.7 Å². The second-order valence-corrected chi connectivity index (χ2v) is 7.61. The molecular weight excluding hydrogens is 457 g/mol. The maximum atomic E-state index is 5.96. The molecule has 0 aliphatic carbocycles. The third-order valence-electron chi connectivity index (χ3n) is 4.80. The van der Waals surface area contributed by atoms with E-state index < -0.39 is 0 Å². The van der Waals surface area contributed by atoms with Gasteiger partial charge in [-0.15, -0.1) is 0 Å². The largest absolute Gasteiger partial charge is 0.497 e. The van der Waals surface area contributed by atoms with Crippen LogP contribution in [0.2, 0.25) is 0 Å². The standard InChI is InChI=1S/C19H22IN5O2/c1-24(11-13-6-8-14(26-2)9-7-13)17-16-18(22-12-21-17)25(19(20)23-16)15-5-3-4-10-27-15/h6-9,12,15H,3-5,10-11H2,1-2H3. The van der Waals surface area contributed by atoms with Gasteiger partial charge >= 0.3 is 0 Å². The van der Waals surface area contributed by atoms with Gasteiger partial charge in [-0.05, 0) is 37.0 Å². The van der Waals surface area contributed by atoms with Crippen LogP contribution in [0, 0.1) is 3.83 Å². The zero-order chi connectivity index (χ0) is 18.8. The maximum absolute atomic E-state index is 5.96. The first kappa shape index (κ1) is 18.4. The fraction of sp³-hybridized carbons (Fsp3) is 0.421. The van der Waals surface area contributed by atoms with Crippen LogP contribution in [0.1, 0.15) is 31.1 Å². The van der Waals surface area contributed by atoms with E-state index in [0.29, 0.717) is 0 Å². The number of hydrogen-bond donors (Lipinski definition) is 0. The first-order valence-electron chi connectivity index (χ1n) is 9.01. The highest BCUT2D eigenvalue weighted by Crippen LogP contribution is 2.31. The van der Waals surface area contributed by atoms with Gasteiger partial charge in [-0.2, -0.15) is 0 Å². The Morgan fingerprint density at radius 3 is 2.78 bits per heavy atom. The third kappa shape index (κ3) is 3.73. The van der Waals surface area contributed by atoms with Gasteiger partial charge in [0.05, 0.1) is 7.11 Å². The fourth-order valence-corrected chi connectivity index (χ4v) is 4.19. The van der Waals surface area contributed by atoms with E-state index in [4.69, 9.17) is 14.5 Å². The molecule has 2 aromatic heterocycles. The number of fused-ring (bicyclic) bond motifs is 1. The van der Waals surface area contributed by atoms with Gasteiger partial charge in [0.1, 0.15) is 18.3 Å². The summed E-state index contributed by atoms with van der Waals surface area (Å²) in [4.78, 5) is 15.9. The average molecular weight is 479 g/mol. The van der Waals surface area contributed by atoms with Gasteiger partial charge in [-0.25, -0.2) is 15.0 Å². The van der Waals surface area contributed by atoms with Crippen LogP contribution < -0.4 is 9.64 Å². The molecule has 8 heteroatoms. The van der Waals surface area contributed by atoms with Crippen molar-refractivity contribution in [3.05, 3.63) is 40.0 Å². The van der Waals surface area contributed by atoms with Crippen LogP contribution in [0.15, 0.2) is 30.6 Å². The van der Waals surface area contributed by atoms with Crippen molar-refractivity contribution in [2.24, 2.45) is 0 Å². The lowest BCUT2D eigenvalue weighted by atomic mass is 10.2. The molecule has 1 saturated heterocycles. The maximum Gasteiger partial charge on any atom is 0.175 e. The predicted octanol–water partition coefficient (Wildman–Crippen LogP) is 3.78. The smallest absolute Gasteiger partial charge is 0.175 e. The van der Waals surface area contributed by atoms with E-state index in [9.17, 15) is 0 Å². The fourth-order valence-electron chi connectivity index (χ4n) is 3.41. The number of hydrogen-bond acceptors (Lipinski definition) is 6. The van der Waals surface area contributed by atoms with E-state index in [2.05, 4.69) is 54.2 Å². The Balaban J connectivity index is 1.65. The Kier molecular flexibility index (Phi) is 5.44. The van der Waals surface area contributed by atoms with Crippen molar-refractivity contribution in [1.29, 1.82) is 0 Å². The van der Waals surface area contributed by atoms with Gasteiger partial charge in [-0.1, -0.05) is 12.1 Å². The quantitative estimate of drug-likeness (QED) is 0.410. The molecule has 0 spiro atoms. The molecular formula is C19H22IN5O2. The summed E-state index contributed by atoms with van der Waals surface area (Å²) >= 11 is 2.26. The van der Waals surface area contributed by atoms with Crippen LogP contribution in [0.5, 0.6) is 5.75 Å². The Hall–Kier alpha value is -1.94. The Labute approximate surface area is 171 Å². The van der Waals surface area contributed by atoms with Gasteiger partial charge in [0, 0.05) is 42.8 Å². The highest BCUT2D eigenvalue weighted by Gasteiger charge is 2.24. The van der Waals surface area contributed by atoms with Crippen molar-refractivity contribution in [3.63, 3.8) is 0 Å². The summed E-state index contributed by atoms with van der Waals surface area (Å²) in [5.74, 6) is 1.68. The predicted molar refractivity (Wildman–Crippen MR) is 112 cm³/mol. The number of benzene rings is 1. The number of halogens is 1. The van der Waals surface area contributed by atoms with Crippen molar-refractivity contribution >= 4 is 39.6 Å². The molecule has 3 aromatic rings. The minimum Gasteiger partial charge on any atom is -0.497 e. The zero-order valence-electron chi connectivity index (χ0n) is 15.4. The number of ether oxygens (including phenoxy) is 2. The van der Waals surface area contributed by atoms with Gasteiger partial charge in [0.2, 0.25) is 0 Å². The second kappa shape index (κ2) is 7.97. The lowest BCUT2D eigenvalue weighted by Crippen LogP contribution is -2.20. The minimum atomic E-state index is 0.00490. The Morgan fingerprint density at radius 2 is 2.07 bits per heavy atom. The molecule has 1 unspecified atom stereocenters. The highest BCUT2D eigenvalue weighted by atomic mass is 127. The summed E-state index contributed by atoms with van der Waals surface area (Å²) < 4.78 is 14.2. The lowest BCUT2D eigenvalue weighted by Gasteiger charge is -2.24. The molecule has 1 aliphatic heterocycles. The van der Waals surface area contributed by atoms with Gasteiger partial charge in [-0.3, -0.25) is 4.57 Å². The first-order chi connectivity index (χ1) is 13.2. The molecule has 3 heterocycles. The molecule has 1 atom stereocenters. The summed E-state index contributed by atoms with van der Waals surface area (Å²) in [5.41, 5.74) is 2.82. The molecule has 142 valence electrons. The summed E-state index contributed by atoms with van der Waals surface area (Å²) in [6, 6.07) is 8.06. The van der Waals surface area contributed by atoms with Crippen LogP contribution in [-0.2, 0) is 11.3 Å². The van der Waals surface area contributed by atoms with Crippen molar-refractivity contribution < 1.29 is 9.47 Å². The summed E-state index contributed by atoms with van der Waals surface area (Å²) in [7, 11) is 3.70. The van der Waals surface area contributed by atoms with Crippen LogP contribution in [0.4, 0.5) is 5.82 Å². The van der Waals surface area contributed by atoms with Crippen LogP contribution in [-0.4, -0.2) is 40.3 Å². The van der Waals surface area contributed by atoms with Crippen LogP contribution >= 0.6 is 22.6 Å². The SMILES string of the molecule is COc1ccc(CN(C)c2ncnc3c2nc(I)n3C2CCCCO2)cc1. The summed E-state index contributed by atoms with van der Waals surface area (Å²) in [6.45, 7) is 1.51. The van der Waals surface area contributed by atoms with Gasteiger partial charge < -0.3 is 14.4 Å². The summed E-state index contributed by atoms with van der Waals surface area (Å²) in [5, 5.41) is 0. The topological polar surface area (TPSA) is 65.3 Å². The molecule has 27 heavy (non-hydrogen) atoms. The Bertz CT molecular complexity index is 922. The molecule has 0 N–H and O–H groups in total. The Morgan fingerprint density at radius 1 is 1.26 bits per heavy atom. The van der Waals surface area contributed by atoms with Crippen molar-refractivity contribution in [2.45, 2.75) is 32.0 Å². The zero-order valence-corrected chi connectivity index (χ0v) is 17.6. The van der Waals surface area contributed by atoms with Crippen LogP contribution in [0.25, 0.3) is 11.2 Å². The summed E-state index contributed by atoms with van der Waals surface area (Å²) in [6.07, 6.45) is 4.88. The van der Waals surface area contributed by atoms with E-state index in [0.717, 1.165) is 59.0 Å². The molecule has 0 saturated carbocycles. The molecule has 0 bridgehead atoms. The number of nitrogens with zero attached hydrogens (tertiary/aromatic N) is 5. The molecule has 7 nitrogen and oxygen atoms in total. The van der Waals surface area contributed by atoms with Gasteiger partial charge in [0.15, 0.2) is 20.8 Å².